The number of carbonyl (C=O) groups excluding carboxylic acids is 1. The Morgan fingerprint density at radius 3 is 3.25 bits per heavy atom. The number of aromatic nitrogens is 2. The second-order valence-corrected chi connectivity index (χ2v) is 3.81. The molecule has 0 saturated heterocycles. The molecule has 2 heterocycles. The highest BCUT2D eigenvalue weighted by Gasteiger charge is 2.24. The van der Waals surface area contributed by atoms with Crippen LogP contribution in [-0.4, -0.2) is 32.9 Å². The fourth-order valence-electron chi connectivity index (χ4n) is 1.81. The number of hydrogen-bond donors (Lipinski definition) is 1. The lowest BCUT2D eigenvalue weighted by molar-refractivity contribution is -0.134. The molecule has 2 rings (SSSR count). The third-order valence-electron chi connectivity index (χ3n) is 2.71. The van der Waals surface area contributed by atoms with E-state index >= 15 is 0 Å². The molecule has 1 unspecified atom stereocenters. The predicted molar refractivity (Wildman–Crippen MR) is 59.1 cm³/mol. The van der Waals surface area contributed by atoms with Gasteiger partial charge in [0.15, 0.2) is 0 Å². The Bertz CT molecular complexity index is 431. The number of nitrogens with two attached hydrogens (primary N) is 1. The van der Waals surface area contributed by atoms with E-state index in [9.17, 15) is 4.79 Å². The Balaban J connectivity index is 2.04. The molecule has 5 heteroatoms. The van der Waals surface area contributed by atoms with Gasteiger partial charge in [0, 0.05) is 31.9 Å². The number of nitrogens with zero attached hydrogens (tertiary/aromatic N) is 3. The number of fused-ring (bicyclic) bond motifs is 1. The summed E-state index contributed by atoms with van der Waals surface area (Å²) in [6.45, 7) is 1.95. The van der Waals surface area contributed by atoms with Crippen molar-refractivity contribution in [3.8, 4) is 12.3 Å². The summed E-state index contributed by atoms with van der Waals surface area (Å²) in [5.41, 5.74) is 5.69. The number of amides is 1. The van der Waals surface area contributed by atoms with Gasteiger partial charge in [0.2, 0.25) is 5.91 Å². The van der Waals surface area contributed by atoms with Crippen LogP contribution in [0.1, 0.15) is 12.2 Å². The van der Waals surface area contributed by atoms with Crippen molar-refractivity contribution >= 4 is 5.91 Å². The van der Waals surface area contributed by atoms with Crippen LogP contribution in [0.25, 0.3) is 0 Å². The van der Waals surface area contributed by atoms with E-state index in [1.807, 2.05) is 10.8 Å². The Morgan fingerprint density at radius 2 is 2.50 bits per heavy atom. The molecule has 16 heavy (non-hydrogen) atoms. The van der Waals surface area contributed by atoms with Gasteiger partial charge in [-0.25, -0.2) is 4.98 Å². The summed E-state index contributed by atoms with van der Waals surface area (Å²) in [6, 6.07) is -0.591. The van der Waals surface area contributed by atoms with Gasteiger partial charge in [-0.1, -0.05) is 0 Å². The van der Waals surface area contributed by atoms with Crippen LogP contribution < -0.4 is 5.73 Å². The molecule has 0 aliphatic carbocycles. The van der Waals surface area contributed by atoms with Crippen molar-refractivity contribution in [2.24, 2.45) is 5.73 Å². The van der Waals surface area contributed by atoms with Crippen LogP contribution in [0.5, 0.6) is 0 Å². The molecule has 1 aliphatic rings. The van der Waals surface area contributed by atoms with Crippen molar-refractivity contribution in [1.82, 2.24) is 14.5 Å². The van der Waals surface area contributed by atoms with Crippen molar-refractivity contribution < 1.29 is 4.79 Å². The topological polar surface area (TPSA) is 64.2 Å². The van der Waals surface area contributed by atoms with E-state index in [-0.39, 0.29) is 12.3 Å². The first-order valence-corrected chi connectivity index (χ1v) is 5.20. The first-order valence-electron chi connectivity index (χ1n) is 5.20. The Morgan fingerprint density at radius 1 is 1.69 bits per heavy atom. The van der Waals surface area contributed by atoms with E-state index in [4.69, 9.17) is 12.2 Å². The summed E-state index contributed by atoms with van der Waals surface area (Å²) in [6.07, 6.45) is 9.08. The maximum Gasteiger partial charge on any atom is 0.240 e. The van der Waals surface area contributed by atoms with E-state index < -0.39 is 6.04 Å². The minimum absolute atomic E-state index is 0.0906. The fraction of sp³-hybridized carbons (Fsp3) is 0.455. The molecule has 0 saturated carbocycles. The molecule has 1 aliphatic heterocycles. The number of hydrogen-bond acceptors (Lipinski definition) is 3. The molecule has 0 spiro atoms. The zero-order valence-corrected chi connectivity index (χ0v) is 8.97. The minimum Gasteiger partial charge on any atom is -0.332 e. The predicted octanol–water partition coefficient (Wildman–Crippen LogP) is -0.424. The first kappa shape index (κ1) is 10.7. The van der Waals surface area contributed by atoms with Crippen molar-refractivity contribution in [2.45, 2.75) is 25.6 Å². The number of rotatable bonds is 2. The molecule has 0 aromatic carbocycles. The maximum absolute atomic E-state index is 11.9. The van der Waals surface area contributed by atoms with E-state index in [0.717, 1.165) is 12.4 Å². The molecule has 5 nitrogen and oxygen atoms in total. The number of imidazole rings is 1. The van der Waals surface area contributed by atoms with Crippen LogP contribution in [0, 0.1) is 12.3 Å². The standard InChI is InChI=1S/C11H14N4O/c1-2-3-9(12)11(16)15-7-6-14-5-4-13-10(14)8-15/h1,4-5,9H,3,6-8,12H2. The summed E-state index contributed by atoms with van der Waals surface area (Å²) < 4.78 is 2.04. The van der Waals surface area contributed by atoms with E-state index in [1.54, 1.807) is 11.1 Å². The van der Waals surface area contributed by atoms with Crippen molar-refractivity contribution in [3.05, 3.63) is 18.2 Å². The van der Waals surface area contributed by atoms with Gasteiger partial charge in [0.05, 0.1) is 12.6 Å². The van der Waals surface area contributed by atoms with E-state index in [1.165, 1.54) is 0 Å². The summed E-state index contributed by atoms with van der Waals surface area (Å²) >= 11 is 0. The highest BCUT2D eigenvalue weighted by molar-refractivity contribution is 5.82. The lowest BCUT2D eigenvalue weighted by Crippen LogP contribution is -2.46. The van der Waals surface area contributed by atoms with Crippen molar-refractivity contribution in [1.29, 1.82) is 0 Å². The molecule has 0 fully saturated rings. The maximum atomic E-state index is 11.9. The highest BCUT2D eigenvalue weighted by Crippen LogP contribution is 2.11. The average molecular weight is 218 g/mol. The van der Waals surface area contributed by atoms with Crippen LogP contribution >= 0.6 is 0 Å². The van der Waals surface area contributed by atoms with Crippen LogP contribution in [-0.2, 0) is 17.9 Å². The number of terminal acetylenes is 1. The molecule has 1 aromatic rings. The lowest BCUT2D eigenvalue weighted by Gasteiger charge is -2.29. The first-order chi connectivity index (χ1) is 7.72. The van der Waals surface area contributed by atoms with Gasteiger partial charge in [-0.05, 0) is 0 Å². The van der Waals surface area contributed by atoms with Gasteiger partial charge in [-0.2, -0.15) is 0 Å². The lowest BCUT2D eigenvalue weighted by atomic mass is 10.2. The van der Waals surface area contributed by atoms with E-state index in [0.29, 0.717) is 13.1 Å². The zero-order chi connectivity index (χ0) is 11.5. The fourth-order valence-corrected chi connectivity index (χ4v) is 1.81. The molecule has 1 aromatic heterocycles. The van der Waals surface area contributed by atoms with Crippen LogP contribution in [0.3, 0.4) is 0 Å². The summed E-state index contributed by atoms with van der Waals surface area (Å²) in [7, 11) is 0. The SMILES string of the molecule is C#CCC(N)C(=O)N1CCn2ccnc2C1. The summed E-state index contributed by atoms with van der Waals surface area (Å²) in [5.74, 6) is 3.21. The Labute approximate surface area is 94.2 Å². The molecule has 1 amide bonds. The highest BCUT2D eigenvalue weighted by atomic mass is 16.2. The second kappa shape index (κ2) is 4.37. The summed E-state index contributed by atoms with van der Waals surface area (Å²) in [4.78, 5) is 17.8. The van der Waals surface area contributed by atoms with Gasteiger partial charge >= 0.3 is 0 Å². The van der Waals surface area contributed by atoms with Crippen molar-refractivity contribution in [3.63, 3.8) is 0 Å². The molecule has 0 bridgehead atoms. The number of carbonyl (C=O) groups is 1. The quantitative estimate of drug-likeness (QED) is 0.685. The molecular formula is C11H14N4O. The Hall–Kier alpha value is -1.80. The second-order valence-electron chi connectivity index (χ2n) is 3.81. The molecule has 84 valence electrons. The van der Waals surface area contributed by atoms with Crippen LogP contribution in [0.4, 0.5) is 0 Å². The third kappa shape index (κ3) is 1.92. The molecular weight excluding hydrogens is 204 g/mol. The van der Waals surface area contributed by atoms with Crippen LogP contribution in [0.15, 0.2) is 12.4 Å². The molecule has 1 atom stereocenters. The molecule has 2 N–H and O–H groups in total. The smallest absolute Gasteiger partial charge is 0.240 e. The van der Waals surface area contributed by atoms with Gasteiger partial charge in [0.25, 0.3) is 0 Å². The van der Waals surface area contributed by atoms with Gasteiger partial charge in [-0.3, -0.25) is 4.79 Å². The zero-order valence-electron chi connectivity index (χ0n) is 8.97. The third-order valence-corrected chi connectivity index (χ3v) is 2.71. The average Bonchev–Trinajstić information content (AvgIpc) is 2.75. The van der Waals surface area contributed by atoms with Gasteiger partial charge in [0.1, 0.15) is 5.82 Å². The summed E-state index contributed by atoms with van der Waals surface area (Å²) in [5, 5.41) is 0. The van der Waals surface area contributed by atoms with Gasteiger partial charge < -0.3 is 15.2 Å². The normalized spacial score (nSPS) is 16.4. The molecule has 0 radical (unpaired) electrons. The largest absolute Gasteiger partial charge is 0.332 e. The van der Waals surface area contributed by atoms with Crippen LogP contribution in [0.2, 0.25) is 0 Å². The van der Waals surface area contributed by atoms with E-state index in [2.05, 4.69) is 10.9 Å². The van der Waals surface area contributed by atoms with Gasteiger partial charge in [-0.15, -0.1) is 12.3 Å². The monoisotopic (exact) mass is 218 g/mol. The minimum atomic E-state index is -0.591. The Kier molecular flexibility index (Phi) is 2.93. The van der Waals surface area contributed by atoms with Crippen molar-refractivity contribution in [2.75, 3.05) is 6.54 Å².